The van der Waals surface area contributed by atoms with E-state index in [1.807, 2.05) is 0 Å². The molecule has 20 heavy (non-hydrogen) atoms. The van der Waals surface area contributed by atoms with Gasteiger partial charge in [0.15, 0.2) is 5.13 Å². The number of nitrogens with two attached hydrogens (primary N) is 1. The lowest BCUT2D eigenvalue weighted by molar-refractivity contribution is 0.0946. The van der Waals surface area contributed by atoms with Crippen molar-refractivity contribution in [3.8, 4) is 0 Å². The van der Waals surface area contributed by atoms with Gasteiger partial charge in [0.1, 0.15) is 0 Å². The molecule has 2 heterocycles. The summed E-state index contributed by atoms with van der Waals surface area (Å²) in [5, 5.41) is 6.35. The van der Waals surface area contributed by atoms with Crippen LogP contribution in [0.1, 0.15) is 45.2 Å². The lowest BCUT2D eigenvalue weighted by Crippen LogP contribution is -2.52. The van der Waals surface area contributed by atoms with E-state index in [4.69, 9.17) is 5.73 Å². The predicted octanol–water partition coefficient (Wildman–Crippen LogP) is 2.51. The summed E-state index contributed by atoms with van der Waals surface area (Å²) in [4.78, 5) is 6.92. The van der Waals surface area contributed by atoms with Crippen LogP contribution < -0.4 is 11.1 Å². The number of thiazole rings is 1. The van der Waals surface area contributed by atoms with Crippen LogP contribution in [0, 0.1) is 0 Å². The van der Waals surface area contributed by atoms with Crippen LogP contribution in [-0.4, -0.2) is 41.6 Å². The molecular weight excluding hydrogens is 268 g/mol. The van der Waals surface area contributed by atoms with E-state index in [-0.39, 0.29) is 5.54 Å². The molecule has 1 fully saturated rings. The molecule has 5 heteroatoms. The number of hydrogen-bond donors (Lipinski definition) is 2. The molecule has 0 aromatic carbocycles. The van der Waals surface area contributed by atoms with Crippen LogP contribution in [0.3, 0.4) is 0 Å². The number of aromatic nitrogens is 1. The lowest BCUT2D eigenvalue weighted by atomic mass is 9.98. The van der Waals surface area contributed by atoms with Gasteiger partial charge in [-0.1, -0.05) is 6.42 Å². The summed E-state index contributed by atoms with van der Waals surface area (Å²) in [6.45, 7) is 9.33. The molecule has 0 unspecified atom stereocenters. The molecule has 0 atom stereocenters. The molecule has 0 saturated carbocycles. The van der Waals surface area contributed by atoms with Crippen LogP contribution in [0.5, 0.6) is 0 Å². The summed E-state index contributed by atoms with van der Waals surface area (Å²) in [6, 6.07) is 0. The van der Waals surface area contributed by atoms with Gasteiger partial charge in [-0.25, -0.2) is 4.98 Å². The van der Waals surface area contributed by atoms with Crippen molar-refractivity contribution in [2.45, 2.75) is 51.5 Å². The van der Waals surface area contributed by atoms with Crippen molar-refractivity contribution in [1.29, 1.82) is 0 Å². The molecule has 3 N–H and O–H groups in total. The standard InChI is InChI=1S/C15H28N4S/c1-15(2,19-9-4-3-5-10-19)12-17-8-6-7-13-11-20-14(16)18-13/h11,17H,3-10,12H2,1-2H3,(H2,16,18). The first-order valence-electron chi connectivity index (χ1n) is 7.73. The zero-order valence-electron chi connectivity index (χ0n) is 12.8. The maximum atomic E-state index is 5.63. The predicted molar refractivity (Wildman–Crippen MR) is 87.2 cm³/mol. The second kappa shape index (κ2) is 7.38. The zero-order valence-corrected chi connectivity index (χ0v) is 13.6. The van der Waals surface area contributed by atoms with Crippen molar-refractivity contribution in [3.05, 3.63) is 11.1 Å². The summed E-state index contributed by atoms with van der Waals surface area (Å²) in [5.41, 5.74) is 7.03. The molecule has 1 aromatic rings. The van der Waals surface area contributed by atoms with Gasteiger partial charge in [-0.3, -0.25) is 4.90 Å². The molecule has 1 saturated heterocycles. The summed E-state index contributed by atoms with van der Waals surface area (Å²) in [7, 11) is 0. The van der Waals surface area contributed by atoms with Gasteiger partial charge in [0.05, 0.1) is 5.69 Å². The first-order chi connectivity index (χ1) is 9.58. The molecule has 0 bridgehead atoms. The monoisotopic (exact) mass is 296 g/mol. The Labute approximate surface area is 126 Å². The number of piperidine rings is 1. The Morgan fingerprint density at radius 2 is 2.10 bits per heavy atom. The van der Waals surface area contributed by atoms with E-state index in [2.05, 4.69) is 34.4 Å². The van der Waals surface area contributed by atoms with E-state index in [1.165, 1.54) is 43.7 Å². The Hall–Kier alpha value is -0.650. The van der Waals surface area contributed by atoms with E-state index in [9.17, 15) is 0 Å². The van der Waals surface area contributed by atoms with Gasteiger partial charge < -0.3 is 11.1 Å². The number of likely N-dealkylation sites (tertiary alicyclic amines) is 1. The number of aryl methyl sites for hydroxylation is 1. The van der Waals surface area contributed by atoms with E-state index < -0.39 is 0 Å². The highest BCUT2D eigenvalue weighted by Gasteiger charge is 2.27. The van der Waals surface area contributed by atoms with Crippen molar-refractivity contribution < 1.29 is 0 Å². The Kier molecular flexibility index (Phi) is 5.81. The molecule has 1 aliphatic heterocycles. The second-order valence-corrected chi connectivity index (χ2v) is 7.21. The second-order valence-electron chi connectivity index (χ2n) is 6.32. The van der Waals surface area contributed by atoms with Gasteiger partial charge in [-0.15, -0.1) is 11.3 Å². The summed E-state index contributed by atoms with van der Waals surface area (Å²) in [6.07, 6.45) is 6.25. The van der Waals surface area contributed by atoms with Crippen molar-refractivity contribution in [3.63, 3.8) is 0 Å². The fourth-order valence-corrected chi connectivity index (χ4v) is 3.43. The Balaban J connectivity index is 1.62. The van der Waals surface area contributed by atoms with E-state index in [0.29, 0.717) is 5.13 Å². The average Bonchev–Trinajstić information content (AvgIpc) is 2.85. The minimum atomic E-state index is 0.269. The van der Waals surface area contributed by atoms with Crippen molar-refractivity contribution in [2.24, 2.45) is 0 Å². The molecule has 1 aliphatic rings. The molecule has 114 valence electrons. The Morgan fingerprint density at radius 3 is 2.75 bits per heavy atom. The molecule has 0 amide bonds. The summed E-state index contributed by atoms with van der Waals surface area (Å²) < 4.78 is 0. The summed E-state index contributed by atoms with van der Waals surface area (Å²) >= 11 is 1.53. The Bertz CT molecular complexity index is 396. The SMILES string of the molecule is CC(C)(CNCCCc1csc(N)n1)N1CCCCC1. The minimum absolute atomic E-state index is 0.269. The normalized spacial score (nSPS) is 17.5. The molecule has 1 aromatic heterocycles. The van der Waals surface area contributed by atoms with Gasteiger partial charge in [0.2, 0.25) is 0 Å². The van der Waals surface area contributed by atoms with Gasteiger partial charge in [0, 0.05) is 17.5 Å². The maximum absolute atomic E-state index is 5.63. The molecule has 0 aliphatic carbocycles. The quantitative estimate of drug-likeness (QED) is 0.759. The third kappa shape index (κ3) is 4.72. The number of nitrogen functional groups attached to an aromatic ring is 1. The first-order valence-corrected chi connectivity index (χ1v) is 8.61. The van der Waals surface area contributed by atoms with E-state index in [1.54, 1.807) is 0 Å². The van der Waals surface area contributed by atoms with Crippen LogP contribution in [0.25, 0.3) is 0 Å². The highest BCUT2D eigenvalue weighted by molar-refractivity contribution is 7.13. The van der Waals surface area contributed by atoms with Crippen LogP contribution in [0.4, 0.5) is 5.13 Å². The van der Waals surface area contributed by atoms with Crippen molar-refractivity contribution in [2.75, 3.05) is 31.9 Å². The van der Waals surface area contributed by atoms with Crippen molar-refractivity contribution in [1.82, 2.24) is 15.2 Å². The smallest absolute Gasteiger partial charge is 0.180 e. The first kappa shape index (κ1) is 15.7. The molecule has 0 spiro atoms. The van der Waals surface area contributed by atoms with Crippen LogP contribution in [-0.2, 0) is 6.42 Å². The van der Waals surface area contributed by atoms with Crippen LogP contribution in [0.2, 0.25) is 0 Å². The van der Waals surface area contributed by atoms with Gasteiger partial charge >= 0.3 is 0 Å². The fourth-order valence-electron chi connectivity index (χ4n) is 2.84. The zero-order chi connectivity index (χ0) is 14.4. The molecular formula is C15H28N4S. The maximum Gasteiger partial charge on any atom is 0.180 e. The largest absolute Gasteiger partial charge is 0.375 e. The minimum Gasteiger partial charge on any atom is -0.375 e. The molecule has 0 radical (unpaired) electrons. The molecule has 4 nitrogen and oxygen atoms in total. The molecule has 2 rings (SSSR count). The van der Waals surface area contributed by atoms with Gasteiger partial charge in [-0.2, -0.15) is 0 Å². The topological polar surface area (TPSA) is 54.2 Å². The lowest BCUT2D eigenvalue weighted by Gasteiger charge is -2.41. The number of nitrogens with one attached hydrogen (secondary N) is 1. The van der Waals surface area contributed by atoms with Gasteiger partial charge in [-0.05, 0) is 59.2 Å². The van der Waals surface area contributed by atoms with E-state index >= 15 is 0 Å². The van der Waals surface area contributed by atoms with Crippen LogP contribution in [0.15, 0.2) is 5.38 Å². The number of rotatable bonds is 7. The Morgan fingerprint density at radius 1 is 1.35 bits per heavy atom. The average molecular weight is 296 g/mol. The highest BCUT2D eigenvalue weighted by atomic mass is 32.1. The third-order valence-electron chi connectivity index (χ3n) is 4.13. The third-order valence-corrected chi connectivity index (χ3v) is 4.85. The number of anilines is 1. The number of hydrogen-bond acceptors (Lipinski definition) is 5. The van der Waals surface area contributed by atoms with Crippen molar-refractivity contribution >= 4 is 16.5 Å². The van der Waals surface area contributed by atoms with Crippen LogP contribution >= 0.6 is 11.3 Å². The number of nitrogens with zero attached hydrogens (tertiary/aromatic N) is 2. The summed E-state index contributed by atoms with van der Waals surface area (Å²) in [5.74, 6) is 0. The van der Waals surface area contributed by atoms with E-state index in [0.717, 1.165) is 31.6 Å². The highest BCUT2D eigenvalue weighted by Crippen LogP contribution is 2.19. The van der Waals surface area contributed by atoms with Gasteiger partial charge in [0.25, 0.3) is 0 Å². The fraction of sp³-hybridized carbons (Fsp3) is 0.800.